The predicted octanol–water partition coefficient (Wildman–Crippen LogP) is 3.98. The smallest absolute Gasteiger partial charge is 0.163 e. The Labute approximate surface area is 124 Å². The van der Waals surface area contributed by atoms with Crippen molar-refractivity contribution in [3.8, 4) is 11.1 Å². The van der Waals surface area contributed by atoms with E-state index in [0.717, 1.165) is 12.0 Å². The van der Waals surface area contributed by atoms with E-state index in [2.05, 4.69) is 42.5 Å². The molecule has 2 nitrogen and oxygen atoms in total. The monoisotopic (exact) mass is 276 g/mol. The number of rotatable bonds is 1. The van der Waals surface area contributed by atoms with Crippen LogP contribution in [0.5, 0.6) is 0 Å². The van der Waals surface area contributed by atoms with Crippen molar-refractivity contribution >= 4 is 5.78 Å². The fraction of sp³-hybridized carbons (Fsp3) is 0.211. The van der Waals surface area contributed by atoms with Gasteiger partial charge in [0.1, 0.15) is 5.60 Å². The average molecular weight is 276 g/mol. The summed E-state index contributed by atoms with van der Waals surface area (Å²) in [6, 6.07) is 15.0. The van der Waals surface area contributed by atoms with Gasteiger partial charge in [0.05, 0.1) is 12.7 Å². The molecule has 1 unspecified atom stereocenters. The first-order valence-corrected chi connectivity index (χ1v) is 7.25. The Morgan fingerprint density at radius 2 is 1.86 bits per heavy atom. The number of hydrogen-bond acceptors (Lipinski definition) is 2. The number of allylic oxidation sites excluding steroid dienone is 1. The van der Waals surface area contributed by atoms with E-state index in [1.807, 2.05) is 6.92 Å². The largest absolute Gasteiger partial charge is 0.490 e. The highest BCUT2D eigenvalue weighted by Gasteiger charge is 2.33. The standard InChI is InChI=1S/C19H16O2/c1-19(12-16(20)8-9-21-19)15-6-7-18-14(11-15)10-13-4-2-3-5-17(13)18/h2-9,11H,10,12H2,1H3. The Bertz CT molecular complexity index is 773. The van der Waals surface area contributed by atoms with Crippen molar-refractivity contribution in [2.24, 2.45) is 0 Å². The second-order valence-electron chi connectivity index (χ2n) is 6.00. The Hall–Kier alpha value is -2.35. The van der Waals surface area contributed by atoms with Crippen LogP contribution in [0, 0.1) is 0 Å². The van der Waals surface area contributed by atoms with Gasteiger partial charge in [0.15, 0.2) is 5.78 Å². The highest BCUT2D eigenvalue weighted by Crippen LogP contribution is 2.40. The lowest BCUT2D eigenvalue weighted by Gasteiger charge is -2.31. The Balaban J connectivity index is 1.77. The zero-order valence-electron chi connectivity index (χ0n) is 11.9. The summed E-state index contributed by atoms with van der Waals surface area (Å²) in [7, 11) is 0. The maximum atomic E-state index is 11.7. The molecule has 2 aliphatic rings. The summed E-state index contributed by atoms with van der Waals surface area (Å²) >= 11 is 0. The van der Waals surface area contributed by atoms with Gasteiger partial charge in [0.2, 0.25) is 0 Å². The van der Waals surface area contributed by atoms with Crippen molar-refractivity contribution in [3.63, 3.8) is 0 Å². The number of hydrogen-bond donors (Lipinski definition) is 0. The fourth-order valence-corrected chi connectivity index (χ4v) is 3.34. The van der Waals surface area contributed by atoms with Gasteiger partial charge in [0.25, 0.3) is 0 Å². The first-order chi connectivity index (χ1) is 10.2. The molecule has 0 spiro atoms. The molecule has 4 rings (SSSR count). The van der Waals surface area contributed by atoms with Crippen molar-refractivity contribution in [1.29, 1.82) is 0 Å². The topological polar surface area (TPSA) is 26.3 Å². The van der Waals surface area contributed by atoms with E-state index in [-0.39, 0.29) is 5.78 Å². The second-order valence-corrected chi connectivity index (χ2v) is 6.00. The molecule has 1 aliphatic carbocycles. The van der Waals surface area contributed by atoms with Crippen molar-refractivity contribution in [2.45, 2.75) is 25.4 Å². The minimum Gasteiger partial charge on any atom is -0.490 e. The molecule has 21 heavy (non-hydrogen) atoms. The molecule has 1 heterocycles. The van der Waals surface area contributed by atoms with Crippen molar-refractivity contribution in [2.75, 3.05) is 0 Å². The molecule has 0 N–H and O–H groups in total. The first-order valence-electron chi connectivity index (χ1n) is 7.25. The van der Waals surface area contributed by atoms with E-state index in [0.29, 0.717) is 6.42 Å². The number of carbonyl (C=O) groups excluding carboxylic acids is 1. The summed E-state index contributed by atoms with van der Waals surface area (Å²) < 4.78 is 5.76. The van der Waals surface area contributed by atoms with Gasteiger partial charge >= 0.3 is 0 Å². The highest BCUT2D eigenvalue weighted by molar-refractivity contribution is 5.91. The third kappa shape index (κ3) is 1.90. The van der Waals surface area contributed by atoms with E-state index >= 15 is 0 Å². The third-order valence-corrected chi connectivity index (χ3v) is 4.50. The summed E-state index contributed by atoms with van der Waals surface area (Å²) in [5, 5.41) is 0. The van der Waals surface area contributed by atoms with Crippen LogP contribution < -0.4 is 0 Å². The summed E-state index contributed by atoms with van der Waals surface area (Å²) in [5.41, 5.74) is 5.85. The Morgan fingerprint density at radius 3 is 2.71 bits per heavy atom. The number of benzene rings is 2. The molecule has 0 bridgehead atoms. The van der Waals surface area contributed by atoms with Crippen LogP contribution in [0.15, 0.2) is 54.8 Å². The van der Waals surface area contributed by atoms with Gasteiger partial charge in [-0.25, -0.2) is 0 Å². The van der Waals surface area contributed by atoms with Gasteiger partial charge in [-0.2, -0.15) is 0 Å². The minimum atomic E-state index is -0.546. The van der Waals surface area contributed by atoms with Crippen molar-refractivity contribution in [3.05, 3.63) is 71.5 Å². The molecule has 1 aliphatic heterocycles. The number of carbonyl (C=O) groups is 1. The molecule has 2 heteroatoms. The van der Waals surface area contributed by atoms with Crippen LogP contribution >= 0.6 is 0 Å². The molecule has 104 valence electrons. The van der Waals surface area contributed by atoms with Gasteiger partial charge in [-0.05, 0) is 41.2 Å². The van der Waals surface area contributed by atoms with Crippen LogP contribution in [0.25, 0.3) is 11.1 Å². The van der Waals surface area contributed by atoms with Gasteiger partial charge in [0, 0.05) is 6.08 Å². The van der Waals surface area contributed by atoms with Gasteiger partial charge in [-0.1, -0.05) is 42.5 Å². The molecule has 0 saturated heterocycles. The number of fused-ring (bicyclic) bond motifs is 3. The fourth-order valence-electron chi connectivity index (χ4n) is 3.34. The SMILES string of the molecule is CC1(c2ccc3c(c2)Cc2ccccc2-3)CC(=O)C=CO1. The van der Waals surface area contributed by atoms with Crippen LogP contribution in [0.4, 0.5) is 0 Å². The maximum Gasteiger partial charge on any atom is 0.163 e. The quantitative estimate of drug-likeness (QED) is 0.672. The molecule has 0 radical (unpaired) electrons. The van der Waals surface area contributed by atoms with Gasteiger partial charge in [-0.15, -0.1) is 0 Å². The lowest BCUT2D eigenvalue weighted by Crippen LogP contribution is -2.29. The first kappa shape index (κ1) is 12.4. The van der Waals surface area contributed by atoms with E-state index in [9.17, 15) is 4.79 Å². The molecule has 0 aromatic heterocycles. The lowest BCUT2D eigenvalue weighted by atomic mass is 9.87. The van der Waals surface area contributed by atoms with Crippen LogP contribution in [-0.2, 0) is 21.6 Å². The number of ether oxygens (including phenoxy) is 1. The normalized spacial score (nSPS) is 22.6. The molecule has 2 aromatic carbocycles. The summed E-state index contributed by atoms with van der Waals surface area (Å²) in [6.07, 6.45) is 4.38. The van der Waals surface area contributed by atoms with E-state index < -0.39 is 5.60 Å². The van der Waals surface area contributed by atoms with E-state index in [1.54, 1.807) is 0 Å². The zero-order chi connectivity index (χ0) is 14.4. The highest BCUT2D eigenvalue weighted by atomic mass is 16.5. The minimum absolute atomic E-state index is 0.118. The van der Waals surface area contributed by atoms with E-state index in [1.165, 1.54) is 34.6 Å². The molecular weight excluding hydrogens is 260 g/mol. The molecule has 0 fully saturated rings. The predicted molar refractivity (Wildman–Crippen MR) is 81.9 cm³/mol. The molecular formula is C19H16O2. The molecule has 0 saturated carbocycles. The van der Waals surface area contributed by atoms with Gasteiger partial charge < -0.3 is 4.74 Å². The summed E-state index contributed by atoms with van der Waals surface area (Å²) in [5.74, 6) is 0.118. The van der Waals surface area contributed by atoms with Crippen molar-refractivity contribution in [1.82, 2.24) is 0 Å². The van der Waals surface area contributed by atoms with Crippen molar-refractivity contribution < 1.29 is 9.53 Å². The van der Waals surface area contributed by atoms with Crippen LogP contribution in [0.1, 0.15) is 30.0 Å². The average Bonchev–Trinajstić information content (AvgIpc) is 2.84. The van der Waals surface area contributed by atoms with Crippen LogP contribution in [0.2, 0.25) is 0 Å². The summed E-state index contributed by atoms with van der Waals surface area (Å²) in [6.45, 7) is 1.98. The Kier molecular flexibility index (Phi) is 2.55. The summed E-state index contributed by atoms with van der Waals surface area (Å²) in [4.78, 5) is 11.7. The Morgan fingerprint density at radius 1 is 1.05 bits per heavy atom. The molecule has 2 aromatic rings. The number of ketones is 1. The van der Waals surface area contributed by atoms with Crippen LogP contribution in [0.3, 0.4) is 0 Å². The zero-order valence-corrected chi connectivity index (χ0v) is 11.9. The van der Waals surface area contributed by atoms with Crippen LogP contribution in [-0.4, -0.2) is 5.78 Å². The molecule has 0 amide bonds. The second kappa shape index (κ2) is 4.32. The third-order valence-electron chi connectivity index (χ3n) is 4.50. The lowest BCUT2D eigenvalue weighted by molar-refractivity contribution is -0.122. The molecule has 1 atom stereocenters. The maximum absolute atomic E-state index is 11.7. The van der Waals surface area contributed by atoms with E-state index in [4.69, 9.17) is 4.74 Å². The van der Waals surface area contributed by atoms with Gasteiger partial charge in [-0.3, -0.25) is 4.79 Å².